The van der Waals surface area contributed by atoms with Crippen LogP contribution >= 0.6 is 0 Å². The van der Waals surface area contributed by atoms with Crippen molar-refractivity contribution >= 4 is 0 Å². The van der Waals surface area contributed by atoms with Crippen molar-refractivity contribution in [3.05, 3.63) is 35.1 Å². The average Bonchev–Trinajstić information content (AvgIpc) is 2.30. The Morgan fingerprint density at radius 3 is 2.50 bits per heavy atom. The maximum absolute atomic E-state index is 13.1. The molecule has 1 rings (SSSR count). The van der Waals surface area contributed by atoms with Gasteiger partial charge < -0.3 is 5.32 Å². The van der Waals surface area contributed by atoms with Crippen LogP contribution < -0.4 is 5.32 Å². The Labute approximate surface area is 111 Å². The van der Waals surface area contributed by atoms with E-state index in [0.717, 1.165) is 24.9 Å². The summed E-state index contributed by atoms with van der Waals surface area (Å²) in [4.78, 5) is 0. The van der Waals surface area contributed by atoms with Crippen LogP contribution in [0.3, 0.4) is 0 Å². The molecule has 0 spiro atoms. The number of halogens is 1. The zero-order valence-electron chi connectivity index (χ0n) is 12.3. The molecule has 102 valence electrons. The standard InChI is InChI=1S/C16H26FN/c1-6-16(5,11-18-12(2)3)10-14-7-8-15(17)9-13(14)4/h7-9,12,18H,6,10-11H2,1-5H3. The molecule has 1 N–H and O–H groups in total. The lowest BCUT2D eigenvalue weighted by atomic mass is 9.80. The van der Waals surface area contributed by atoms with Crippen LogP contribution in [0.4, 0.5) is 4.39 Å². The number of rotatable bonds is 6. The van der Waals surface area contributed by atoms with Crippen LogP contribution in [0.15, 0.2) is 18.2 Å². The summed E-state index contributed by atoms with van der Waals surface area (Å²) in [5, 5.41) is 3.51. The fourth-order valence-electron chi connectivity index (χ4n) is 2.08. The lowest BCUT2D eigenvalue weighted by molar-refractivity contribution is 0.280. The van der Waals surface area contributed by atoms with E-state index in [9.17, 15) is 4.39 Å². The molecule has 1 unspecified atom stereocenters. The van der Waals surface area contributed by atoms with Gasteiger partial charge in [0.25, 0.3) is 0 Å². The van der Waals surface area contributed by atoms with Gasteiger partial charge in [0.1, 0.15) is 5.82 Å². The van der Waals surface area contributed by atoms with Crippen molar-refractivity contribution < 1.29 is 4.39 Å². The first kappa shape index (κ1) is 15.2. The lowest BCUT2D eigenvalue weighted by Gasteiger charge is -2.30. The molecule has 1 nitrogen and oxygen atoms in total. The van der Waals surface area contributed by atoms with Gasteiger partial charge in [0.2, 0.25) is 0 Å². The van der Waals surface area contributed by atoms with E-state index in [4.69, 9.17) is 0 Å². The number of hydrogen-bond donors (Lipinski definition) is 1. The normalized spacial score (nSPS) is 14.8. The van der Waals surface area contributed by atoms with Crippen LogP contribution in [0, 0.1) is 18.2 Å². The molecule has 2 heteroatoms. The van der Waals surface area contributed by atoms with Crippen LogP contribution in [0.1, 0.15) is 45.2 Å². The molecule has 0 radical (unpaired) electrons. The van der Waals surface area contributed by atoms with Gasteiger partial charge in [-0.25, -0.2) is 4.39 Å². The molecule has 18 heavy (non-hydrogen) atoms. The summed E-state index contributed by atoms with van der Waals surface area (Å²) in [5.41, 5.74) is 2.54. The Morgan fingerprint density at radius 2 is 2.00 bits per heavy atom. The molecule has 0 aliphatic carbocycles. The van der Waals surface area contributed by atoms with Crippen molar-refractivity contribution in [2.24, 2.45) is 5.41 Å². The zero-order chi connectivity index (χ0) is 13.8. The summed E-state index contributed by atoms with van der Waals surface area (Å²) in [6.45, 7) is 11.8. The first-order valence-corrected chi connectivity index (χ1v) is 6.85. The minimum atomic E-state index is -0.144. The van der Waals surface area contributed by atoms with E-state index < -0.39 is 0 Å². The zero-order valence-corrected chi connectivity index (χ0v) is 12.3. The molecule has 0 amide bonds. The molecule has 0 fully saturated rings. The SMILES string of the molecule is CCC(C)(CNC(C)C)Cc1ccc(F)cc1C. The largest absolute Gasteiger partial charge is 0.314 e. The Bertz CT molecular complexity index is 387. The van der Waals surface area contributed by atoms with Crippen LogP contribution in [0.25, 0.3) is 0 Å². The van der Waals surface area contributed by atoms with Crippen LogP contribution in [0.5, 0.6) is 0 Å². The molecule has 0 bridgehead atoms. The summed E-state index contributed by atoms with van der Waals surface area (Å²) in [6.07, 6.45) is 2.11. The summed E-state index contributed by atoms with van der Waals surface area (Å²) < 4.78 is 13.1. The average molecular weight is 251 g/mol. The summed E-state index contributed by atoms with van der Waals surface area (Å²) in [7, 11) is 0. The van der Waals surface area contributed by atoms with Crippen molar-refractivity contribution in [3.63, 3.8) is 0 Å². The number of nitrogens with one attached hydrogen (secondary N) is 1. The number of benzene rings is 1. The summed E-state index contributed by atoms with van der Waals surface area (Å²) in [5.74, 6) is -0.144. The first-order chi connectivity index (χ1) is 8.36. The second-order valence-electron chi connectivity index (χ2n) is 5.95. The highest BCUT2D eigenvalue weighted by Gasteiger charge is 2.23. The highest BCUT2D eigenvalue weighted by atomic mass is 19.1. The molecule has 1 aromatic carbocycles. The van der Waals surface area contributed by atoms with Gasteiger partial charge in [0, 0.05) is 12.6 Å². The van der Waals surface area contributed by atoms with Crippen LogP contribution in [-0.4, -0.2) is 12.6 Å². The smallest absolute Gasteiger partial charge is 0.123 e. The van der Waals surface area contributed by atoms with E-state index in [1.54, 1.807) is 12.1 Å². The van der Waals surface area contributed by atoms with Gasteiger partial charge in [-0.05, 0) is 48.4 Å². The molecule has 0 aromatic heterocycles. The minimum Gasteiger partial charge on any atom is -0.314 e. The van der Waals surface area contributed by atoms with E-state index in [-0.39, 0.29) is 11.2 Å². The second-order valence-corrected chi connectivity index (χ2v) is 5.95. The molecular formula is C16H26FN. The lowest BCUT2D eigenvalue weighted by Crippen LogP contribution is -2.36. The van der Waals surface area contributed by atoms with E-state index >= 15 is 0 Å². The highest BCUT2D eigenvalue weighted by molar-refractivity contribution is 5.27. The van der Waals surface area contributed by atoms with Crippen LogP contribution in [0.2, 0.25) is 0 Å². The van der Waals surface area contributed by atoms with Crippen molar-refractivity contribution in [2.45, 2.75) is 53.5 Å². The third-order valence-electron chi connectivity index (χ3n) is 3.71. The van der Waals surface area contributed by atoms with E-state index in [2.05, 4.69) is 33.0 Å². The fraction of sp³-hybridized carbons (Fsp3) is 0.625. The first-order valence-electron chi connectivity index (χ1n) is 6.85. The van der Waals surface area contributed by atoms with Gasteiger partial charge in [0.05, 0.1) is 0 Å². The molecule has 0 aliphatic rings. The van der Waals surface area contributed by atoms with E-state index in [1.165, 1.54) is 5.56 Å². The predicted molar refractivity (Wildman–Crippen MR) is 76.4 cm³/mol. The topological polar surface area (TPSA) is 12.0 Å². The van der Waals surface area contributed by atoms with Gasteiger partial charge >= 0.3 is 0 Å². The van der Waals surface area contributed by atoms with Gasteiger partial charge in [-0.1, -0.05) is 33.8 Å². The molecule has 0 aliphatic heterocycles. The number of aryl methyl sites for hydroxylation is 1. The van der Waals surface area contributed by atoms with Gasteiger partial charge in [-0.3, -0.25) is 0 Å². The van der Waals surface area contributed by atoms with Gasteiger partial charge in [-0.15, -0.1) is 0 Å². The molecule has 0 saturated heterocycles. The quantitative estimate of drug-likeness (QED) is 0.803. The minimum absolute atomic E-state index is 0.144. The van der Waals surface area contributed by atoms with Crippen LogP contribution in [-0.2, 0) is 6.42 Å². The summed E-state index contributed by atoms with van der Waals surface area (Å²) >= 11 is 0. The van der Waals surface area contributed by atoms with Crippen molar-refractivity contribution in [1.82, 2.24) is 5.32 Å². The van der Waals surface area contributed by atoms with Crippen molar-refractivity contribution in [3.8, 4) is 0 Å². The van der Waals surface area contributed by atoms with Crippen molar-refractivity contribution in [2.75, 3.05) is 6.54 Å². The maximum Gasteiger partial charge on any atom is 0.123 e. The maximum atomic E-state index is 13.1. The molecule has 0 heterocycles. The number of hydrogen-bond acceptors (Lipinski definition) is 1. The Morgan fingerprint density at radius 1 is 1.33 bits per heavy atom. The third-order valence-corrected chi connectivity index (χ3v) is 3.71. The summed E-state index contributed by atoms with van der Waals surface area (Å²) in [6, 6.07) is 5.62. The van der Waals surface area contributed by atoms with Crippen molar-refractivity contribution in [1.29, 1.82) is 0 Å². The molecular weight excluding hydrogens is 225 g/mol. The van der Waals surface area contributed by atoms with E-state index in [1.807, 2.05) is 13.0 Å². The Kier molecular flexibility index (Phi) is 5.33. The monoisotopic (exact) mass is 251 g/mol. The van der Waals surface area contributed by atoms with E-state index in [0.29, 0.717) is 6.04 Å². The molecule has 1 atom stereocenters. The van der Waals surface area contributed by atoms with Gasteiger partial charge in [-0.2, -0.15) is 0 Å². The molecule has 0 saturated carbocycles. The van der Waals surface area contributed by atoms with Gasteiger partial charge in [0.15, 0.2) is 0 Å². The molecule has 1 aromatic rings. The fourth-order valence-corrected chi connectivity index (χ4v) is 2.08. The third kappa shape index (κ3) is 4.41. The highest BCUT2D eigenvalue weighted by Crippen LogP contribution is 2.27. The predicted octanol–water partition coefficient (Wildman–Crippen LogP) is 4.09. The Balaban J connectivity index is 2.77. The Hall–Kier alpha value is -0.890. The second kappa shape index (κ2) is 6.33.